The minimum Gasteiger partial charge on any atom is -0.496 e. The zero-order valence-electron chi connectivity index (χ0n) is 11.3. The lowest BCUT2D eigenvalue weighted by atomic mass is 9.96. The number of hydrogen-bond acceptors (Lipinski definition) is 2. The van der Waals surface area contributed by atoms with Gasteiger partial charge in [0.15, 0.2) is 0 Å². The summed E-state index contributed by atoms with van der Waals surface area (Å²) in [5.74, 6) is 0.837. The molecule has 0 amide bonds. The van der Waals surface area contributed by atoms with Crippen molar-refractivity contribution in [2.24, 2.45) is 0 Å². The topological polar surface area (TPSA) is 29.5 Å². The van der Waals surface area contributed by atoms with E-state index >= 15 is 0 Å². The predicted molar refractivity (Wildman–Crippen MR) is 80.7 cm³/mol. The van der Waals surface area contributed by atoms with Crippen LogP contribution in [0, 0.1) is 13.8 Å². The van der Waals surface area contributed by atoms with Crippen LogP contribution in [-0.4, -0.2) is 12.2 Å². The van der Waals surface area contributed by atoms with Crippen molar-refractivity contribution in [3.05, 3.63) is 63.1 Å². The molecule has 1 atom stereocenters. The predicted octanol–water partition coefficient (Wildman–Crippen LogP) is 4.16. The Hall–Kier alpha value is -1.32. The van der Waals surface area contributed by atoms with Crippen molar-refractivity contribution in [1.82, 2.24) is 0 Å². The van der Waals surface area contributed by atoms with E-state index in [1.807, 2.05) is 50.2 Å². The summed E-state index contributed by atoms with van der Waals surface area (Å²) in [6.45, 7) is 3.98. The van der Waals surface area contributed by atoms with E-state index < -0.39 is 6.10 Å². The Morgan fingerprint density at radius 3 is 2.37 bits per heavy atom. The van der Waals surface area contributed by atoms with Crippen LogP contribution >= 0.6 is 15.9 Å². The average Bonchev–Trinajstić information content (AvgIpc) is 2.38. The minimum atomic E-state index is -0.613. The Labute approximate surface area is 122 Å². The number of rotatable bonds is 3. The van der Waals surface area contributed by atoms with Gasteiger partial charge in [-0.15, -0.1) is 0 Å². The number of ether oxygens (including phenoxy) is 1. The SMILES string of the molecule is COc1ccc(C(O)c2ccc(Br)cc2C)cc1C. The zero-order valence-corrected chi connectivity index (χ0v) is 12.9. The second-order valence-corrected chi connectivity index (χ2v) is 5.55. The summed E-state index contributed by atoms with van der Waals surface area (Å²) >= 11 is 3.43. The van der Waals surface area contributed by atoms with E-state index in [1.165, 1.54) is 0 Å². The number of aryl methyl sites for hydroxylation is 2. The molecule has 0 radical (unpaired) electrons. The van der Waals surface area contributed by atoms with Gasteiger partial charge >= 0.3 is 0 Å². The van der Waals surface area contributed by atoms with E-state index in [0.29, 0.717) is 0 Å². The largest absolute Gasteiger partial charge is 0.496 e. The van der Waals surface area contributed by atoms with Gasteiger partial charge in [-0.1, -0.05) is 28.1 Å². The van der Waals surface area contributed by atoms with E-state index in [2.05, 4.69) is 15.9 Å². The van der Waals surface area contributed by atoms with Crippen LogP contribution in [0.25, 0.3) is 0 Å². The van der Waals surface area contributed by atoms with Crippen molar-refractivity contribution in [2.75, 3.05) is 7.11 Å². The Kier molecular flexibility index (Phi) is 4.27. The summed E-state index contributed by atoms with van der Waals surface area (Å²) in [4.78, 5) is 0. The monoisotopic (exact) mass is 320 g/mol. The highest BCUT2D eigenvalue weighted by Gasteiger charge is 2.14. The fourth-order valence-electron chi connectivity index (χ4n) is 2.20. The lowest BCUT2D eigenvalue weighted by Gasteiger charge is -2.16. The first kappa shape index (κ1) is 14.1. The number of benzene rings is 2. The molecule has 3 heteroatoms. The van der Waals surface area contributed by atoms with Crippen molar-refractivity contribution in [3.63, 3.8) is 0 Å². The lowest BCUT2D eigenvalue weighted by molar-refractivity contribution is 0.219. The van der Waals surface area contributed by atoms with Crippen LogP contribution in [0.4, 0.5) is 0 Å². The number of methoxy groups -OCH3 is 1. The van der Waals surface area contributed by atoms with E-state index in [9.17, 15) is 5.11 Å². The van der Waals surface area contributed by atoms with Crippen molar-refractivity contribution in [2.45, 2.75) is 20.0 Å². The number of hydrogen-bond donors (Lipinski definition) is 1. The van der Waals surface area contributed by atoms with Gasteiger partial charge in [0.25, 0.3) is 0 Å². The van der Waals surface area contributed by atoms with Crippen LogP contribution < -0.4 is 4.74 Å². The van der Waals surface area contributed by atoms with E-state index in [-0.39, 0.29) is 0 Å². The third kappa shape index (κ3) is 2.99. The van der Waals surface area contributed by atoms with E-state index in [4.69, 9.17) is 4.74 Å². The third-order valence-corrected chi connectivity index (χ3v) is 3.75. The molecule has 0 spiro atoms. The molecular formula is C16H17BrO2. The fourth-order valence-corrected chi connectivity index (χ4v) is 2.67. The summed E-state index contributed by atoms with van der Waals surface area (Å²) in [7, 11) is 1.65. The molecule has 0 aromatic heterocycles. The highest BCUT2D eigenvalue weighted by Crippen LogP contribution is 2.29. The molecule has 1 unspecified atom stereocenters. The van der Waals surface area contributed by atoms with Crippen LogP contribution in [0.2, 0.25) is 0 Å². The summed E-state index contributed by atoms with van der Waals surface area (Å²) in [6, 6.07) is 11.7. The molecule has 19 heavy (non-hydrogen) atoms. The lowest BCUT2D eigenvalue weighted by Crippen LogP contribution is -2.02. The van der Waals surface area contributed by atoms with Gasteiger partial charge in [0.1, 0.15) is 11.9 Å². The van der Waals surface area contributed by atoms with Gasteiger partial charge in [-0.05, 0) is 60.4 Å². The van der Waals surface area contributed by atoms with Gasteiger partial charge in [-0.2, -0.15) is 0 Å². The third-order valence-electron chi connectivity index (χ3n) is 3.26. The summed E-state index contributed by atoms with van der Waals surface area (Å²) in [6.07, 6.45) is -0.613. The Morgan fingerprint density at radius 2 is 1.79 bits per heavy atom. The first-order valence-electron chi connectivity index (χ1n) is 6.11. The normalized spacial score (nSPS) is 12.3. The first-order valence-corrected chi connectivity index (χ1v) is 6.91. The molecule has 2 rings (SSSR count). The Balaban J connectivity index is 2.38. The number of halogens is 1. The van der Waals surface area contributed by atoms with E-state index in [1.54, 1.807) is 7.11 Å². The summed E-state index contributed by atoms with van der Waals surface area (Å²) in [5.41, 5.74) is 3.89. The maximum atomic E-state index is 10.5. The maximum absolute atomic E-state index is 10.5. The van der Waals surface area contributed by atoms with Crippen LogP contribution in [0.5, 0.6) is 5.75 Å². The average molecular weight is 321 g/mol. The number of aliphatic hydroxyl groups is 1. The molecule has 2 aromatic carbocycles. The molecule has 0 saturated heterocycles. The van der Waals surface area contributed by atoms with Crippen molar-refractivity contribution in [3.8, 4) is 5.75 Å². The Bertz CT molecular complexity index is 593. The van der Waals surface area contributed by atoms with Crippen LogP contribution in [0.1, 0.15) is 28.4 Å². The second-order valence-electron chi connectivity index (χ2n) is 4.63. The van der Waals surface area contributed by atoms with Crippen molar-refractivity contribution >= 4 is 15.9 Å². The van der Waals surface area contributed by atoms with Gasteiger partial charge in [0.05, 0.1) is 7.11 Å². The minimum absolute atomic E-state index is 0.613. The molecule has 0 bridgehead atoms. The summed E-state index contributed by atoms with van der Waals surface area (Å²) < 4.78 is 6.26. The van der Waals surface area contributed by atoms with Crippen LogP contribution in [0.3, 0.4) is 0 Å². The smallest absolute Gasteiger partial charge is 0.121 e. The molecule has 0 saturated carbocycles. The molecule has 2 aromatic rings. The van der Waals surface area contributed by atoms with Gasteiger partial charge in [0, 0.05) is 4.47 Å². The highest BCUT2D eigenvalue weighted by atomic mass is 79.9. The molecule has 0 fully saturated rings. The van der Waals surface area contributed by atoms with Gasteiger partial charge in [0.2, 0.25) is 0 Å². The zero-order chi connectivity index (χ0) is 14.0. The first-order chi connectivity index (χ1) is 9.02. The maximum Gasteiger partial charge on any atom is 0.121 e. The van der Waals surface area contributed by atoms with Gasteiger partial charge in [-0.3, -0.25) is 0 Å². The quantitative estimate of drug-likeness (QED) is 0.920. The molecule has 0 aliphatic rings. The van der Waals surface area contributed by atoms with Crippen LogP contribution in [-0.2, 0) is 0 Å². The van der Waals surface area contributed by atoms with Crippen molar-refractivity contribution in [1.29, 1.82) is 0 Å². The standard InChI is InChI=1S/C16H17BrO2/c1-10-9-13(17)5-6-14(10)16(18)12-4-7-15(19-3)11(2)8-12/h4-9,16,18H,1-3H3. The summed E-state index contributed by atoms with van der Waals surface area (Å²) in [5, 5.41) is 10.5. The van der Waals surface area contributed by atoms with Crippen LogP contribution in [0.15, 0.2) is 40.9 Å². The van der Waals surface area contributed by atoms with Gasteiger partial charge < -0.3 is 9.84 Å². The molecule has 2 nitrogen and oxygen atoms in total. The Morgan fingerprint density at radius 1 is 1.05 bits per heavy atom. The molecule has 0 aliphatic heterocycles. The molecule has 1 N–H and O–H groups in total. The van der Waals surface area contributed by atoms with Gasteiger partial charge in [-0.25, -0.2) is 0 Å². The molecule has 100 valence electrons. The molecule has 0 heterocycles. The molecular weight excluding hydrogens is 304 g/mol. The number of aliphatic hydroxyl groups excluding tert-OH is 1. The van der Waals surface area contributed by atoms with Crippen molar-refractivity contribution < 1.29 is 9.84 Å². The fraction of sp³-hybridized carbons (Fsp3) is 0.250. The second kappa shape index (κ2) is 5.76. The highest BCUT2D eigenvalue weighted by molar-refractivity contribution is 9.10. The van der Waals surface area contributed by atoms with E-state index in [0.717, 1.165) is 32.5 Å². The molecule has 0 aliphatic carbocycles.